The van der Waals surface area contributed by atoms with E-state index in [0.29, 0.717) is 5.15 Å². The Labute approximate surface area is 70.9 Å². The lowest BCUT2D eigenvalue weighted by Crippen LogP contribution is -2.02. The zero-order valence-corrected chi connectivity index (χ0v) is 7.02. The average Bonchev–Trinajstić information content (AvgIpc) is 2.05. The molecule has 0 radical (unpaired) electrons. The van der Waals surface area contributed by atoms with Crippen molar-refractivity contribution in [3.8, 4) is 0 Å². The van der Waals surface area contributed by atoms with Gasteiger partial charge in [0.1, 0.15) is 5.15 Å². The first-order valence-corrected chi connectivity index (χ1v) is 3.60. The summed E-state index contributed by atoms with van der Waals surface area (Å²) >= 11 is 5.60. The van der Waals surface area contributed by atoms with Crippen molar-refractivity contribution in [1.29, 1.82) is 0 Å². The second-order valence-corrected chi connectivity index (χ2v) is 2.49. The molecule has 1 heterocycles. The number of nitrogens with zero attached hydrogens (tertiary/aromatic N) is 1. The first-order valence-electron chi connectivity index (χ1n) is 3.22. The number of hydrogen-bond acceptors (Lipinski definition) is 2. The van der Waals surface area contributed by atoms with E-state index in [4.69, 9.17) is 11.6 Å². The van der Waals surface area contributed by atoms with Crippen LogP contribution >= 0.6 is 11.6 Å². The predicted molar refractivity (Wildman–Crippen MR) is 47.3 cm³/mol. The monoisotopic (exact) mass is 168 g/mol. The number of halogens is 1. The van der Waals surface area contributed by atoms with E-state index < -0.39 is 0 Å². The van der Waals surface area contributed by atoms with Crippen LogP contribution in [0.4, 0.5) is 0 Å². The van der Waals surface area contributed by atoms with Gasteiger partial charge >= 0.3 is 0 Å². The lowest BCUT2D eigenvalue weighted by atomic mass is 10.2. The predicted octanol–water partition coefficient (Wildman–Crippen LogP) is 1.93. The van der Waals surface area contributed by atoms with E-state index in [1.807, 2.05) is 13.1 Å². The van der Waals surface area contributed by atoms with Crippen LogP contribution in [-0.2, 0) is 0 Å². The maximum absolute atomic E-state index is 5.60. The molecule has 2 nitrogen and oxygen atoms in total. The molecule has 1 aromatic rings. The molecule has 1 N–H and O–H groups in total. The summed E-state index contributed by atoms with van der Waals surface area (Å²) in [6.07, 6.45) is 1.68. The summed E-state index contributed by atoms with van der Waals surface area (Å²) in [5, 5.41) is 3.42. The summed E-state index contributed by atoms with van der Waals surface area (Å²) in [5.74, 6) is 0. The molecule has 0 atom stereocenters. The van der Waals surface area contributed by atoms with Crippen LogP contribution in [0.2, 0.25) is 5.15 Å². The highest BCUT2D eigenvalue weighted by atomic mass is 35.5. The van der Waals surface area contributed by atoms with Crippen molar-refractivity contribution in [2.75, 3.05) is 7.05 Å². The highest BCUT2D eigenvalue weighted by Gasteiger charge is 1.95. The molecular weight excluding hydrogens is 160 g/mol. The van der Waals surface area contributed by atoms with Gasteiger partial charge in [-0.15, -0.1) is 0 Å². The summed E-state index contributed by atoms with van der Waals surface area (Å²) < 4.78 is 0. The molecule has 58 valence electrons. The van der Waals surface area contributed by atoms with Crippen molar-refractivity contribution in [1.82, 2.24) is 10.3 Å². The molecule has 1 rings (SSSR count). The van der Waals surface area contributed by atoms with Gasteiger partial charge in [-0.3, -0.25) is 0 Å². The SMILES string of the molecule is C=C(NC)c1ccc(Cl)nc1. The Hall–Kier alpha value is -1.02. The van der Waals surface area contributed by atoms with E-state index in [1.165, 1.54) is 0 Å². The van der Waals surface area contributed by atoms with Crippen LogP contribution in [0.15, 0.2) is 24.9 Å². The Bertz CT molecular complexity index is 253. The normalized spacial score (nSPS) is 9.27. The van der Waals surface area contributed by atoms with Gasteiger partial charge in [-0.1, -0.05) is 18.2 Å². The molecule has 0 fully saturated rings. The molecular formula is C8H9ClN2. The smallest absolute Gasteiger partial charge is 0.129 e. The van der Waals surface area contributed by atoms with Gasteiger partial charge in [-0.25, -0.2) is 4.98 Å². The molecule has 11 heavy (non-hydrogen) atoms. The summed E-state index contributed by atoms with van der Waals surface area (Å²) in [7, 11) is 1.82. The van der Waals surface area contributed by atoms with Crippen molar-refractivity contribution < 1.29 is 0 Å². The third-order valence-corrected chi connectivity index (χ3v) is 1.60. The molecule has 1 aromatic heterocycles. The van der Waals surface area contributed by atoms with Crippen molar-refractivity contribution in [3.63, 3.8) is 0 Å². The molecule has 0 saturated carbocycles. The van der Waals surface area contributed by atoms with Crippen molar-refractivity contribution in [2.45, 2.75) is 0 Å². The molecule has 0 aliphatic heterocycles. The topological polar surface area (TPSA) is 24.9 Å². The maximum Gasteiger partial charge on any atom is 0.129 e. The number of pyridine rings is 1. The van der Waals surface area contributed by atoms with Crippen LogP contribution in [0.3, 0.4) is 0 Å². The lowest BCUT2D eigenvalue weighted by molar-refractivity contribution is 1.12. The van der Waals surface area contributed by atoms with Gasteiger partial charge in [0.15, 0.2) is 0 Å². The first-order chi connectivity index (χ1) is 5.24. The molecule has 0 saturated heterocycles. The van der Waals surface area contributed by atoms with Gasteiger partial charge in [0.05, 0.1) is 0 Å². The van der Waals surface area contributed by atoms with Crippen molar-refractivity contribution >= 4 is 17.3 Å². The lowest BCUT2D eigenvalue weighted by Gasteiger charge is -2.02. The molecule has 0 spiro atoms. The summed E-state index contributed by atoms with van der Waals surface area (Å²) in [4.78, 5) is 3.91. The Morgan fingerprint density at radius 3 is 2.82 bits per heavy atom. The highest BCUT2D eigenvalue weighted by molar-refractivity contribution is 6.29. The molecule has 0 unspecified atom stereocenters. The van der Waals surface area contributed by atoms with Gasteiger partial charge in [0.2, 0.25) is 0 Å². The van der Waals surface area contributed by atoms with Crippen LogP contribution < -0.4 is 5.32 Å². The van der Waals surface area contributed by atoms with Gasteiger partial charge < -0.3 is 5.32 Å². The second-order valence-electron chi connectivity index (χ2n) is 2.10. The van der Waals surface area contributed by atoms with Crippen LogP contribution in [0.5, 0.6) is 0 Å². The van der Waals surface area contributed by atoms with Crippen LogP contribution in [-0.4, -0.2) is 12.0 Å². The average molecular weight is 169 g/mol. The van der Waals surface area contributed by atoms with Gasteiger partial charge in [0, 0.05) is 24.5 Å². The third kappa shape index (κ3) is 1.95. The summed E-state index contributed by atoms with van der Waals surface area (Å²) in [6.45, 7) is 3.78. The number of hydrogen-bond donors (Lipinski definition) is 1. The fourth-order valence-corrected chi connectivity index (χ4v) is 0.810. The zero-order chi connectivity index (χ0) is 8.27. The van der Waals surface area contributed by atoms with E-state index in [2.05, 4.69) is 16.9 Å². The van der Waals surface area contributed by atoms with E-state index >= 15 is 0 Å². The highest BCUT2D eigenvalue weighted by Crippen LogP contribution is 2.10. The number of aromatic nitrogens is 1. The second kappa shape index (κ2) is 3.39. The Morgan fingerprint density at radius 1 is 1.64 bits per heavy atom. The van der Waals surface area contributed by atoms with E-state index in [-0.39, 0.29) is 0 Å². The van der Waals surface area contributed by atoms with Gasteiger partial charge in [-0.2, -0.15) is 0 Å². The zero-order valence-electron chi connectivity index (χ0n) is 6.26. The molecule has 0 aromatic carbocycles. The van der Waals surface area contributed by atoms with Crippen LogP contribution in [0.1, 0.15) is 5.56 Å². The van der Waals surface area contributed by atoms with Gasteiger partial charge in [0.25, 0.3) is 0 Å². The van der Waals surface area contributed by atoms with Crippen molar-refractivity contribution in [3.05, 3.63) is 35.6 Å². The Balaban J connectivity index is 2.90. The fourth-order valence-electron chi connectivity index (χ4n) is 0.699. The molecule has 0 bridgehead atoms. The first kappa shape index (κ1) is 8.08. The van der Waals surface area contributed by atoms with Crippen LogP contribution in [0, 0.1) is 0 Å². The van der Waals surface area contributed by atoms with E-state index in [1.54, 1.807) is 12.3 Å². The number of rotatable bonds is 2. The quantitative estimate of drug-likeness (QED) is 0.683. The maximum atomic E-state index is 5.60. The molecule has 3 heteroatoms. The molecule has 0 aliphatic carbocycles. The molecule has 0 amide bonds. The minimum atomic E-state index is 0.498. The van der Waals surface area contributed by atoms with Gasteiger partial charge in [-0.05, 0) is 12.1 Å². The molecule has 0 aliphatic rings. The standard InChI is InChI=1S/C8H9ClN2/c1-6(10-2)7-3-4-8(9)11-5-7/h3-5,10H,1H2,2H3. The third-order valence-electron chi connectivity index (χ3n) is 1.38. The Morgan fingerprint density at radius 2 is 2.36 bits per heavy atom. The minimum absolute atomic E-state index is 0.498. The summed E-state index contributed by atoms with van der Waals surface area (Å²) in [5.41, 5.74) is 1.80. The Kier molecular flexibility index (Phi) is 2.49. The van der Waals surface area contributed by atoms with E-state index in [0.717, 1.165) is 11.3 Å². The van der Waals surface area contributed by atoms with Crippen molar-refractivity contribution in [2.24, 2.45) is 0 Å². The van der Waals surface area contributed by atoms with Crippen LogP contribution in [0.25, 0.3) is 5.70 Å². The summed E-state index contributed by atoms with van der Waals surface area (Å²) in [6, 6.07) is 3.60. The number of nitrogens with one attached hydrogen (secondary N) is 1. The van der Waals surface area contributed by atoms with E-state index in [9.17, 15) is 0 Å². The fraction of sp³-hybridized carbons (Fsp3) is 0.125. The largest absolute Gasteiger partial charge is 0.388 e. The minimum Gasteiger partial charge on any atom is -0.388 e.